The number of phenolic OH excluding ortho intramolecular Hbond substituents is 2. The van der Waals surface area contributed by atoms with E-state index in [9.17, 15) is 13.9 Å². The summed E-state index contributed by atoms with van der Waals surface area (Å²) in [5, 5.41) is 18.5. The van der Waals surface area contributed by atoms with E-state index in [-0.39, 0.29) is 17.1 Å². The van der Waals surface area contributed by atoms with Gasteiger partial charge in [0.25, 0.3) is 6.43 Å². The Morgan fingerprint density at radius 1 is 0.789 bits per heavy atom. The minimum atomic E-state index is -2.62. The number of benzene rings is 2. The van der Waals surface area contributed by atoms with Gasteiger partial charge in [-0.25, -0.2) is 8.78 Å². The highest BCUT2D eigenvalue weighted by Crippen LogP contribution is 2.25. The third kappa shape index (κ3) is 3.55. The summed E-state index contributed by atoms with van der Waals surface area (Å²) in [6, 6.07) is 10.2. The van der Waals surface area contributed by atoms with Crippen molar-refractivity contribution in [1.82, 2.24) is 0 Å². The molecule has 98 valence electrons. The Hall–Kier alpha value is -2.36. The number of halogens is 2. The molecule has 2 N–H and O–H groups in total. The van der Waals surface area contributed by atoms with Crippen LogP contribution in [0.1, 0.15) is 23.1 Å². The van der Waals surface area contributed by atoms with Crippen LogP contribution in [0.15, 0.2) is 42.5 Å². The Labute approximate surface area is 109 Å². The normalized spacial score (nSPS) is 11.3. The molecule has 0 aliphatic heterocycles. The van der Waals surface area contributed by atoms with Gasteiger partial charge < -0.3 is 10.2 Å². The first-order chi connectivity index (χ1) is 9.04. The first kappa shape index (κ1) is 13.1. The van der Waals surface area contributed by atoms with Crippen molar-refractivity contribution in [2.24, 2.45) is 0 Å². The maximum atomic E-state index is 12.6. The van der Waals surface area contributed by atoms with Crippen LogP contribution in [-0.2, 0) is 0 Å². The van der Waals surface area contributed by atoms with Crippen molar-refractivity contribution in [3.8, 4) is 11.5 Å². The lowest BCUT2D eigenvalue weighted by atomic mass is 10.1. The summed E-state index contributed by atoms with van der Waals surface area (Å²) in [7, 11) is 0. The molecule has 4 heteroatoms. The van der Waals surface area contributed by atoms with Gasteiger partial charge in [0, 0.05) is 5.56 Å². The van der Waals surface area contributed by atoms with Crippen LogP contribution in [-0.4, -0.2) is 10.2 Å². The quantitative estimate of drug-likeness (QED) is 0.813. The van der Waals surface area contributed by atoms with Crippen molar-refractivity contribution < 1.29 is 19.0 Å². The van der Waals surface area contributed by atoms with Crippen molar-refractivity contribution in [1.29, 1.82) is 0 Å². The van der Waals surface area contributed by atoms with E-state index in [0.29, 0.717) is 5.56 Å². The Kier molecular flexibility index (Phi) is 3.80. The van der Waals surface area contributed by atoms with Gasteiger partial charge in [0.15, 0.2) is 0 Å². The van der Waals surface area contributed by atoms with Crippen LogP contribution in [0.5, 0.6) is 11.5 Å². The topological polar surface area (TPSA) is 40.5 Å². The Morgan fingerprint density at radius 2 is 1.42 bits per heavy atom. The van der Waals surface area contributed by atoms with Crippen LogP contribution < -0.4 is 0 Å². The van der Waals surface area contributed by atoms with Gasteiger partial charge >= 0.3 is 0 Å². The highest BCUT2D eigenvalue weighted by Gasteiger charge is 2.08. The van der Waals surface area contributed by atoms with Gasteiger partial charge in [0.2, 0.25) is 0 Å². The van der Waals surface area contributed by atoms with E-state index in [4.69, 9.17) is 5.11 Å². The first-order valence-corrected chi connectivity index (χ1v) is 5.64. The van der Waals surface area contributed by atoms with Crippen molar-refractivity contribution in [2.75, 3.05) is 0 Å². The number of aromatic hydroxyl groups is 2. The molecule has 2 rings (SSSR count). The van der Waals surface area contributed by atoms with E-state index < -0.39 is 6.43 Å². The zero-order valence-corrected chi connectivity index (χ0v) is 9.92. The molecule has 0 fully saturated rings. The molecule has 0 heterocycles. The summed E-state index contributed by atoms with van der Waals surface area (Å²) in [5.41, 5.74) is 1.09. The molecular formula is C15H12F2O2. The summed E-state index contributed by atoms with van der Waals surface area (Å²) in [5.74, 6) is -0.0300. The zero-order valence-electron chi connectivity index (χ0n) is 9.92. The SMILES string of the molecule is Oc1ccc(/C=C/c2cc(O)cc(C(F)F)c2)cc1. The molecule has 0 aliphatic carbocycles. The van der Waals surface area contributed by atoms with E-state index in [1.807, 2.05) is 0 Å². The van der Waals surface area contributed by atoms with E-state index in [0.717, 1.165) is 11.6 Å². The predicted molar refractivity (Wildman–Crippen MR) is 70.1 cm³/mol. The molecule has 0 aliphatic rings. The van der Waals surface area contributed by atoms with Gasteiger partial charge in [-0.05, 0) is 41.5 Å². The highest BCUT2D eigenvalue weighted by atomic mass is 19.3. The van der Waals surface area contributed by atoms with Crippen LogP contribution >= 0.6 is 0 Å². The largest absolute Gasteiger partial charge is 0.508 e. The van der Waals surface area contributed by atoms with Crippen LogP contribution in [0.2, 0.25) is 0 Å². The summed E-state index contributed by atoms with van der Waals surface area (Å²) >= 11 is 0. The Balaban J connectivity index is 2.25. The van der Waals surface area contributed by atoms with E-state index in [1.54, 1.807) is 24.3 Å². The minimum absolute atomic E-state index is 0.162. The molecule has 0 saturated heterocycles. The Morgan fingerprint density at radius 3 is 2.05 bits per heavy atom. The van der Waals surface area contributed by atoms with Gasteiger partial charge in [-0.15, -0.1) is 0 Å². The number of rotatable bonds is 3. The molecule has 2 aromatic carbocycles. The number of hydrogen-bond donors (Lipinski definition) is 2. The van der Waals surface area contributed by atoms with Crippen molar-refractivity contribution in [3.05, 3.63) is 59.2 Å². The number of alkyl halides is 2. The fourth-order valence-electron chi connectivity index (χ4n) is 1.66. The van der Waals surface area contributed by atoms with Crippen LogP contribution in [0.25, 0.3) is 12.2 Å². The molecule has 0 radical (unpaired) electrons. The van der Waals surface area contributed by atoms with Crippen LogP contribution in [0, 0.1) is 0 Å². The first-order valence-electron chi connectivity index (χ1n) is 5.64. The molecule has 0 unspecified atom stereocenters. The third-order valence-corrected chi connectivity index (χ3v) is 2.58. The molecule has 19 heavy (non-hydrogen) atoms. The summed E-state index contributed by atoms with van der Waals surface area (Å²) in [6.45, 7) is 0. The second-order valence-electron chi connectivity index (χ2n) is 4.08. The molecule has 2 nitrogen and oxygen atoms in total. The molecular weight excluding hydrogens is 250 g/mol. The maximum Gasteiger partial charge on any atom is 0.264 e. The zero-order chi connectivity index (χ0) is 13.8. The van der Waals surface area contributed by atoms with Gasteiger partial charge in [-0.2, -0.15) is 0 Å². The fraction of sp³-hybridized carbons (Fsp3) is 0.0667. The lowest BCUT2D eigenvalue weighted by Crippen LogP contribution is -1.85. The molecule has 0 atom stereocenters. The van der Waals surface area contributed by atoms with Gasteiger partial charge in [0.05, 0.1) is 0 Å². The standard InChI is InChI=1S/C15H12F2O2/c16-15(17)12-7-11(8-14(19)9-12)2-1-10-3-5-13(18)6-4-10/h1-9,15,18-19H/b2-1+. The molecule has 0 aromatic heterocycles. The van der Waals surface area contributed by atoms with Gasteiger partial charge in [-0.3, -0.25) is 0 Å². The average molecular weight is 262 g/mol. The Bertz CT molecular complexity index is 590. The van der Waals surface area contributed by atoms with Crippen molar-refractivity contribution >= 4 is 12.2 Å². The van der Waals surface area contributed by atoms with Gasteiger partial charge in [-0.1, -0.05) is 24.3 Å². The molecule has 0 spiro atoms. The monoisotopic (exact) mass is 262 g/mol. The second-order valence-corrected chi connectivity index (χ2v) is 4.08. The smallest absolute Gasteiger partial charge is 0.264 e. The van der Waals surface area contributed by atoms with Crippen LogP contribution in [0.3, 0.4) is 0 Å². The van der Waals surface area contributed by atoms with E-state index >= 15 is 0 Å². The molecule has 0 bridgehead atoms. The minimum Gasteiger partial charge on any atom is -0.508 e. The molecule has 2 aromatic rings. The molecule has 0 saturated carbocycles. The van der Waals surface area contributed by atoms with E-state index in [2.05, 4.69) is 0 Å². The van der Waals surface area contributed by atoms with Crippen molar-refractivity contribution in [3.63, 3.8) is 0 Å². The number of phenols is 2. The third-order valence-electron chi connectivity index (χ3n) is 2.58. The number of hydrogen-bond acceptors (Lipinski definition) is 2. The summed E-state index contributed by atoms with van der Waals surface area (Å²) in [4.78, 5) is 0. The lowest BCUT2D eigenvalue weighted by molar-refractivity contribution is 0.151. The average Bonchev–Trinajstić information content (AvgIpc) is 2.37. The van der Waals surface area contributed by atoms with Gasteiger partial charge in [0.1, 0.15) is 11.5 Å². The summed E-state index contributed by atoms with van der Waals surface area (Å²) < 4.78 is 25.1. The predicted octanol–water partition coefficient (Wildman–Crippen LogP) is 4.21. The van der Waals surface area contributed by atoms with Crippen molar-refractivity contribution in [2.45, 2.75) is 6.43 Å². The summed E-state index contributed by atoms with van der Waals surface area (Å²) in [6.07, 6.45) is 0.717. The fourth-order valence-corrected chi connectivity index (χ4v) is 1.66. The van der Waals surface area contributed by atoms with E-state index in [1.165, 1.54) is 24.3 Å². The van der Waals surface area contributed by atoms with Crippen LogP contribution in [0.4, 0.5) is 8.78 Å². The highest BCUT2D eigenvalue weighted by molar-refractivity contribution is 5.70. The second kappa shape index (κ2) is 5.52. The lowest BCUT2D eigenvalue weighted by Gasteiger charge is -2.03. The molecule has 0 amide bonds. The maximum absolute atomic E-state index is 12.6.